The lowest BCUT2D eigenvalue weighted by atomic mass is 10.1. The molecule has 1 rings (SSSR count). The smallest absolute Gasteiger partial charge is 0.223 e. The van der Waals surface area contributed by atoms with Crippen molar-refractivity contribution in [3.05, 3.63) is 0 Å². The van der Waals surface area contributed by atoms with Crippen molar-refractivity contribution in [2.75, 3.05) is 11.9 Å². The molecule has 1 aliphatic rings. The second kappa shape index (κ2) is 6.44. The monoisotopic (exact) mass is 261 g/mol. The number of nitrogens with one attached hydrogen (secondary N) is 1. The molecule has 0 aliphatic heterocycles. The molecule has 1 aliphatic carbocycles. The molecule has 14 heavy (non-hydrogen) atoms. The van der Waals surface area contributed by atoms with Gasteiger partial charge in [0.05, 0.1) is 0 Å². The van der Waals surface area contributed by atoms with Crippen LogP contribution in [0.15, 0.2) is 0 Å². The van der Waals surface area contributed by atoms with Crippen molar-refractivity contribution < 1.29 is 4.79 Å². The number of halogens is 1. The number of hydrogen-bond donors (Lipinski definition) is 1. The van der Waals surface area contributed by atoms with Crippen LogP contribution in [0.4, 0.5) is 0 Å². The molecule has 1 atom stereocenters. The lowest BCUT2D eigenvalue weighted by molar-refractivity contribution is -0.125. The van der Waals surface area contributed by atoms with Crippen LogP contribution in [-0.2, 0) is 4.79 Å². The van der Waals surface area contributed by atoms with Crippen molar-refractivity contribution in [1.82, 2.24) is 5.32 Å². The minimum atomic E-state index is 0.242. The molecule has 1 amide bonds. The Balaban J connectivity index is 1.97. The fraction of sp³-hybridized carbons (Fsp3) is 0.909. The summed E-state index contributed by atoms with van der Waals surface area (Å²) in [5.41, 5.74) is 0. The summed E-state index contributed by atoms with van der Waals surface area (Å²) in [5.74, 6) is 1.18. The van der Waals surface area contributed by atoms with Crippen molar-refractivity contribution in [2.45, 2.75) is 39.0 Å². The molecule has 1 saturated carbocycles. The molecule has 2 nitrogen and oxygen atoms in total. The van der Waals surface area contributed by atoms with Crippen LogP contribution in [0.3, 0.4) is 0 Å². The molecule has 0 saturated heterocycles. The quantitative estimate of drug-likeness (QED) is 0.554. The first-order valence-electron chi connectivity index (χ1n) is 5.59. The van der Waals surface area contributed by atoms with Gasteiger partial charge >= 0.3 is 0 Å². The van der Waals surface area contributed by atoms with Gasteiger partial charge in [0, 0.05) is 17.8 Å². The van der Waals surface area contributed by atoms with E-state index in [2.05, 4.69) is 21.2 Å². The molecular formula is C11H20BrNO. The third kappa shape index (κ3) is 4.45. The topological polar surface area (TPSA) is 29.1 Å². The summed E-state index contributed by atoms with van der Waals surface area (Å²) in [5, 5.41) is 4.08. The lowest BCUT2D eigenvalue weighted by Gasteiger charge is -2.10. The van der Waals surface area contributed by atoms with E-state index in [-0.39, 0.29) is 11.8 Å². The van der Waals surface area contributed by atoms with Gasteiger partial charge in [-0.3, -0.25) is 4.79 Å². The highest BCUT2D eigenvalue weighted by atomic mass is 79.9. The molecule has 0 bridgehead atoms. The molecule has 1 N–H and O–H groups in total. The Kier molecular flexibility index (Phi) is 5.53. The Hall–Kier alpha value is -0.0500. The average Bonchev–Trinajstić information content (AvgIpc) is 2.99. The van der Waals surface area contributed by atoms with Crippen LogP contribution in [0.1, 0.15) is 39.0 Å². The largest absolute Gasteiger partial charge is 0.356 e. The van der Waals surface area contributed by atoms with Gasteiger partial charge in [0.2, 0.25) is 5.91 Å². The average molecular weight is 262 g/mol. The number of rotatable bonds is 7. The maximum absolute atomic E-state index is 11.5. The van der Waals surface area contributed by atoms with Crippen molar-refractivity contribution in [3.63, 3.8) is 0 Å². The van der Waals surface area contributed by atoms with E-state index < -0.39 is 0 Å². The summed E-state index contributed by atoms with van der Waals surface area (Å²) < 4.78 is 0. The highest BCUT2D eigenvalue weighted by Crippen LogP contribution is 2.36. The number of amides is 1. The van der Waals surface area contributed by atoms with E-state index in [9.17, 15) is 4.79 Å². The Labute approximate surface area is 95.0 Å². The van der Waals surface area contributed by atoms with Crippen molar-refractivity contribution in [3.8, 4) is 0 Å². The third-order valence-electron chi connectivity index (χ3n) is 2.85. The fourth-order valence-electron chi connectivity index (χ4n) is 1.58. The van der Waals surface area contributed by atoms with Gasteiger partial charge in [-0.2, -0.15) is 0 Å². The zero-order valence-corrected chi connectivity index (χ0v) is 10.5. The van der Waals surface area contributed by atoms with E-state index >= 15 is 0 Å². The molecule has 0 spiro atoms. The Morgan fingerprint density at radius 1 is 1.43 bits per heavy atom. The highest BCUT2D eigenvalue weighted by Gasteiger charge is 2.32. The van der Waals surface area contributed by atoms with Crippen molar-refractivity contribution >= 4 is 21.8 Å². The first-order valence-corrected chi connectivity index (χ1v) is 6.71. The zero-order valence-electron chi connectivity index (χ0n) is 8.89. The van der Waals surface area contributed by atoms with Crippen LogP contribution < -0.4 is 5.32 Å². The van der Waals surface area contributed by atoms with E-state index in [0.29, 0.717) is 5.92 Å². The van der Waals surface area contributed by atoms with Crippen LogP contribution in [-0.4, -0.2) is 17.8 Å². The van der Waals surface area contributed by atoms with E-state index in [1.807, 2.05) is 6.92 Å². The Morgan fingerprint density at radius 2 is 2.14 bits per heavy atom. The maximum atomic E-state index is 11.5. The predicted octanol–water partition coefficient (Wildman–Crippen LogP) is 2.71. The molecule has 82 valence electrons. The fourth-order valence-corrected chi connectivity index (χ4v) is 1.98. The summed E-state index contributed by atoms with van der Waals surface area (Å²) in [7, 11) is 0. The SMILES string of the molecule is CC(C(=O)NCCCCCBr)C1CC1. The first kappa shape index (κ1) is 12.0. The first-order chi connectivity index (χ1) is 6.75. The van der Waals surface area contributed by atoms with Crippen LogP contribution >= 0.6 is 15.9 Å². The molecule has 0 heterocycles. The Bertz CT molecular complexity index is 180. The van der Waals surface area contributed by atoms with E-state index in [1.165, 1.54) is 25.7 Å². The van der Waals surface area contributed by atoms with Gasteiger partial charge in [0.25, 0.3) is 0 Å². The molecule has 0 aromatic heterocycles. The molecule has 0 aromatic rings. The number of hydrogen-bond acceptors (Lipinski definition) is 1. The van der Waals surface area contributed by atoms with Crippen LogP contribution in [0.2, 0.25) is 0 Å². The Morgan fingerprint density at radius 3 is 2.71 bits per heavy atom. The van der Waals surface area contributed by atoms with Gasteiger partial charge in [-0.15, -0.1) is 0 Å². The molecule has 1 unspecified atom stereocenters. The minimum Gasteiger partial charge on any atom is -0.356 e. The highest BCUT2D eigenvalue weighted by molar-refractivity contribution is 9.09. The van der Waals surface area contributed by atoms with Gasteiger partial charge in [-0.1, -0.05) is 29.3 Å². The van der Waals surface area contributed by atoms with E-state index in [1.54, 1.807) is 0 Å². The van der Waals surface area contributed by atoms with Crippen molar-refractivity contribution in [1.29, 1.82) is 0 Å². The van der Waals surface area contributed by atoms with Gasteiger partial charge in [-0.25, -0.2) is 0 Å². The summed E-state index contributed by atoms with van der Waals surface area (Å²) >= 11 is 3.39. The molecule has 1 fully saturated rings. The standard InChI is InChI=1S/C11H20BrNO/c1-9(10-5-6-10)11(14)13-8-4-2-3-7-12/h9-10H,2-8H2,1H3,(H,13,14). The normalized spacial score (nSPS) is 17.9. The number of alkyl halides is 1. The van der Waals surface area contributed by atoms with Gasteiger partial charge in [-0.05, 0) is 31.6 Å². The van der Waals surface area contributed by atoms with Gasteiger partial charge < -0.3 is 5.32 Å². The summed E-state index contributed by atoms with van der Waals surface area (Å²) in [4.78, 5) is 11.5. The summed E-state index contributed by atoms with van der Waals surface area (Å²) in [6, 6.07) is 0. The summed E-state index contributed by atoms with van der Waals surface area (Å²) in [6.07, 6.45) is 6.00. The third-order valence-corrected chi connectivity index (χ3v) is 3.41. The molecule has 0 aromatic carbocycles. The molecular weight excluding hydrogens is 242 g/mol. The number of carbonyl (C=O) groups excluding carboxylic acids is 1. The second-order valence-electron chi connectivity index (χ2n) is 4.17. The maximum Gasteiger partial charge on any atom is 0.223 e. The zero-order chi connectivity index (χ0) is 10.4. The van der Waals surface area contributed by atoms with Crippen LogP contribution in [0.5, 0.6) is 0 Å². The number of unbranched alkanes of at least 4 members (excludes halogenated alkanes) is 2. The van der Waals surface area contributed by atoms with Gasteiger partial charge in [0.1, 0.15) is 0 Å². The second-order valence-corrected chi connectivity index (χ2v) is 4.96. The predicted molar refractivity (Wildman–Crippen MR) is 62.5 cm³/mol. The van der Waals surface area contributed by atoms with E-state index in [0.717, 1.165) is 18.3 Å². The summed E-state index contributed by atoms with van der Waals surface area (Å²) in [6.45, 7) is 2.90. The van der Waals surface area contributed by atoms with Crippen LogP contribution in [0.25, 0.3) is 0 Å². The van der Waals surface area contributed by atoms with Crippen molar-refractivity contribution in [2.24, 2.45) is 11.8 Å². The number of carbonyl (C=O) groups is 1. The molecule has 3 heteroatoms. The van der Waals surface area contributed by atoms with Crippen LogP contribution in [0, 0.1) is 11.8 Å². The lowest BCUT2D eigenvalue weighted by Crippen LogP contribution is -2.30. The molecule has 0 radical (unpaired) electrons. The minimum absolute atomic E-state index is 0.242. The van der Waals surface area contributed by atoms with Gasteiger partial charge in [0.15, 0.2) is 0 Å². The van der Waals surface area contributed by atoms with E-state index in [4.69, 9.17) is 0 Å².